The monoisotopic (exact) mass is 614 g/mol. The number of carbonyl (C=O) groups is 1. The number of amides is 1. The van der Waals surface area contributed by atoms with Crippen molar-refractivity contribution in [3.63, 3.8) is 0 Å². The van der Waals surface area contributed by atoms with Crippen LogP contribution in [-0.4, -0.2) is 74.3 Å². The van der Waals surface area contributed by atoms with E-state index in [0.29, 0.717) is 29.2 Å². The number of halogens is 1. The molecule has 1 amide bonds. The second-order valence-electron chi connectivity index (χ2n) is 10.9. The molecule has 1 aliphatic rings. The molecule has 1 saturated heterocycles. The maximum atomic E-state index is 12.9. The molecule has 0 saturated carbocycles. The van der Waals surface area contributed by atoms with Gasteiger partial charge in [0.1, 0.15) is 19.2 Å². The number of methoxy groups -OCH3 is 1. The Morgan fingerprint density at radius 2 is 1.88 bits per heavy atom. The Hall–Kier alpha value is -2.99. The fourth-order valence-electron chi connectivity index (χ4n) is 4.87. The number of hydrogen-bond acceptors (Lipinski definition) is 8. The third kappa shape index (κ3) is 8.53. The fourth-order valence-corrected chi connectivity index (χ4v) is 6.26. The van der Waals surface area contributed by atoms with Crippen LogP contribution in [0.25, 0.3) is 0 Å². The summed E-state index contributed by atoms with van der Waals surface area (Å²) in [6.45, 7) is 17.7. The standard InChI is InChI=1S/C31H44ClN6O3P/c1-9-28(39)34-24-19-25(26(41-6)18-21(24)16-17-31(4,5)38(10-2)11-3)36-30-33-20-22(32)29(37-30)35-23-14-12-13-15-27(23)42(7,8)40/h9,12-15,18-19,22,29-30,33,35-37H,1,10-11,20H2,2-8H3,(H,34,39). The second-order valence-corrected chi connectivity index (χ2v) is 14.7. The first-order chi connectivity index (χ1) is 19.8. The van der Waals surface area contributed by atoms with Crippen LogP contribution in [0.1, 0.15) is 33.3 Å². The predicted molar refractivity (Wildman–Crippen MR) is 177 cm³/mol. The van der Waals surface area contributed by atoms with Gasteiger partial charge in [0.15, 0.2) is 0 Å². The van der Waals surface area contributed by atoms with Crippen molar-refractivity contribution >= 4 is 47.0 Å². The number of benzene rings is 2. The van der Waals surface area contributed by atoms with E-state index in [9.17, 15) is 9.36 Å². The third-order valence-electron chi connectivity index (χ3n) is 7.16. The van der Waals surface area contributed by atoms with Crippen LogP contribution >= 0.6 is 18.7 Å². The van der Waals surface area contributed by atoms with Crippen LogP contribution in [0.3, 0.4) is 0 Å². The summed E-state index contributed by atoms with van der Waals surface area (Å²) in [7, 11) is -0.923. The van der Waals surface area contributed by atoms with Crippen LogP contribution in [0.2, 0.25) is 0 Å². The minimum absolute atomic E-state index is 0.291. The summed E-state index contributed by atoms with van der Waals surface area (Å²) in [5.74, 6) is 6.84. The van der Waals surface area contributed by atoms with Crippen LogP contribution in [0.5, 0.6) is 5.75 Å². The highest BCUT2D eigenvalue weighted by Crippen LogP contribution is 2.38. The van der Waals surface area contributed by atoms with E-state index in [0.717, 1.165) is 24.1 Å². The van der Waals surface area contributed by atoms with E-state index >= 15 is 0 Å². The number of carbonyl (C=O) groups excluding carboxylic acids is 1. The van der Waals surface area contributed by atoms with Crippen molar-refractivity contribution in [1.29, 1.82) is 0 Å². The summed E-state index contributed by atoms with van der Waals surface area (Å²) in [4.78, 5) is 14.6. The Morgan fingerprint density at radius 1 is 1.19 bits per heavy atom. The molecule has 1 aliphatic heterocycles. The van der Waals surface area contributed by atoms with Gasteiger partial charge >= 0.3 is 0 Å². The highest BCUT2D eigenvalue weighted by molar-refractivity contribution is 7.70. The van der Waals surface area contributed by atoms with Crippen molar-refractivity contribution < 1.29 is 14.1 Å². The molecule has 2 aromatic rings. The number of ether oxygens (including phenoxy) is 1. The Kier molecular flexibility index (Phi) is 11.5. The Bertz CT molecular complexity index is 1380. The zero-order valence-electron chi connectivity index (χ0n) is 25.6. The molecule has 9 nitrogen and oxygen atoms in total. The lowest BCUT2D eigenvalue weighted by Gasteiger charge is -2.37. The lowest BCUT2D eigenvalue weighted by atomic mass is 10.0. The van der Waals surface area contributed by atoms with Crippen molar-refractivity contribution in [2.75, 3.05) is 56.0 Å². The molecule has 228 valence electrons. The largest absolute Gasteiger partial charge is 0.495 e. The average Bonchev–Trinajstić information content (AvgIpc) is 2.94. The van der Waals surface area contributed by atoms with Gasteiger partial charge in [-0.1, -0.05) is 44.4 Å². The SMILES string of the molecule is C=CC(=O)Nc1cc(NC2NCC(Cl)C(Nc3ccccc3P(C)(C)=O)N2)c(OC)cc1C#CC(C)(C)N(CC)CC. The van der Waals surface area contributed by atoms with E-state index in [1.165, 1.54) is 6.08 Å². The topological polar surface area (TPSA) is 107 Å². The van der Waals surface area contributed by atoms with E-state index in [-0.39, 0.29) is 23.0 Å². The van der Waals surface area contributed by atoms with E-state index in [1.807, 2.05) is 30.3 Å². The van der Waals surface area contributed by atoms with Gasteiger partial charge in [0.25, 0.3) is 0 Å². The maximum absolute atomic E-state index is 12.9. The Balaban J connectivity index is 1.91. The first-order valence-corrected chi connectivity index (χ1v) is 17.1. The highest BCUT2D eigenvalue weighted by Gasteiger charge is 2.30. The summed E-state index contributed by atoms with van der Waals surface area (Å²) < 4.78 is 18.6. The molecule has 11 heteroatoms. The minimum Gasteiger partial charge on any atom is -0.495 e. The molecule has 3 rings (SSSR count). The van der Waals surface area contributed by atoms with Gasteiger partial charge in [-0.15, -0.1) is 11.6 Å². The molecule has 1 fully saturated rings. The second kappa shape index (κ2) is 14.5. The smallest absolute Gasteiger partial charge is 0.247 e. The van der Waals surface area contributed by atoms with E-state index < -0.39 is 13.4 Å². The van der Waals surface area contributed by atoms with Gasteiger partial charge in [-0.05, 0) is 64.5 Å². The lowest BCUT2D eigenvalue weighted by molar-refractivity contribution is -0.111. The zero-order valence-corrected chi connectivity index (χ0v) is 27.2. The maximum Gasteiger partial charge on any atom is 0.247 e. The lowest BCUT2D eigenvalue weighted by Crippen LogP contribution is -2.64. The van der Waals surface area contributed by atoms with Crippen molar-refractivity contribution in [3.8, 4) is 17.6 Å². The summed E-state index contributed by atoms with van der Waals surface area (Å²) in [6, 6.07) is 11.2. The van der Waals surface area contributed by atoms with E-state index in [1.54, 1.807) is 26.5 Å². The van der Waals surface area contributed by atoms with Gasteiger partial charge < -0.3 is 25.3 Å². The van der Waals surface area contributed by atoms with Gasteiger partial charge in [-0.3, -0.25) is 20.3 Å². The summed E-state index contributed by atoms with van der Waals surface area (Å²) in [6.07, 6.45) is 0.477. The van der Waals surface area contributed by atoms with Crippen molar-refractivity contribution in [2.45, 2.75) is 51.1 Å². The van der Waals surface area contributed by atoms with Crippen molar-refractivity contribution in [3.05, 3.63) is 54.6 Å². The number of nitrogens with one attached hydrogen (secondary N) is 5. The number of nitrogens with zero attached hydrogens (tertiary/aromatic N) is 1. The molecule has 0 spiro atoms. The third-order valence-corrected chi connectivity index (χ3v) is 9.12. The predicted octanol–water partition coefficient (Wildman–Crippen LogP) is 4.47. The van der Waals surface area contributed by atoms with Gasteiger partial charge in [-0.25, -0.2) is 0 Å². The average molecular weight is 615 g/mol. The molecular weight excluding hydrogens is 571 g/mol. The van der Waals surface area contributed by atoms with Gasteiger partial charge in [-0.2, -0.15) is 0 Å². The minimum atomic E-state index is -2.51. The molecule has 3 atom stereocenters. The first-order valence-electron chi connectivity index (χ1n) is 14.1. The number of anilines is 3. The van der Waals surface area contributed by atoms with Crippen LogP contribution in [-0.2, 0) is 9.36 Å². The molecule has 3 unspecified atom stereocenters. The van der Waals surface area contributed by atoms with Crippen molar-refractivity contribution in [1.82, 2.24) is 15.5 Å². The Labute approximate surface area is 255 Å². The molecule has 2 aromatic carbocycles. The first kappa shape index (κ1) is 33.5. The number of para-hydroxylation sites is 1. The van der Waals surface area contributed by atoms with Crippen LogP contribution < -0.4 is 36.6 Å². The quantitative estimate of drug-likeness (QED) is 0.109. The normalized spacial score (nSPS) is 18.9. The van der Waals surface area contributed by atoms with Crippen LogP contribution in [0.4, 0.5) is 17.1 Å². The molecule has 1 heterocycles. The molecule has 0 bridgehead atoms. The summed E-state index contributed by atoms with van der Waals surface area (Å²) >= 11 is 6.68. The van der Waals surface area contributed by atoms with Gasteiger partial charge in [0.05, 0.1) is 41.1 Å². The molecule has 42 heavy (non-hydrogen) atoms. The van der Waals surface area contributed by atoms with E-state index in [4.69, 9.17) is 16.3 Å². The number of alkyl halides is 1. The molecule has 0 aliphatic carbocycles. The number of rotatable bonds is 11. The Morgan fingerprint density at radius 3 is 2.50 bits per heavy atom. The molecule has 0 aromatic heterocycles. The van der Waals surface area contributed by atoms with Crippen LogP contribution in [0.15, 0.2) is 49.1 Å². The van der Waals surface area contributed by atoms with Gasteiger partial charge in [0, 0.05) is 23.6 Å². The van der Waals surface area contributed by atoms with Gasteiger partial charge in [0.2, 0.25) is 5.91 Å². The highest BCUT2D eigenvalue weighted by atomic mass is 35.5. The summed E-state index contributed by atoms with van der Waals surface area (Å²) in [5, 5.41) is 17.0. The summed E-state index contributed by atoms with van der Waals surface area (Å²) in [5.41, 5.74) is 2.19. The molecular formula is C31H44ClN6O3P. The fraction of sp³-hybridized carbons (Fsp3) is 0.452. The zero-order chi connectivity index (χ0) is 31.1. The van der Waals surface area contributed by atoms with E-state index in [2.05, 4.69) is 77.6 Å². The van der Waals surface area contributed by atoms with Crippen molar-refractivity contribution in [2.24, 2.45) is 0 Å². The number of hydrogen-bond donors (Lipinski definition) is 5. The molecule has 5 N–H and O–H groups in total. The van der Waals surface area contributed by atoms with Crippen LogP contribution in [0, 0.1) is 11.8 Å². The molecule has 0 radical (unpaired) electrons.